The van der Waals surface area contributed by atoms with Crippen molar-refractivity contribution in [2.24, 2.45) is 0 Å². The SMILES string of the molecule is O=c1[nH]c(C(F)(F)F)nc2c1CCN(Cc1c(Cl)ncnc1Cl)C2. The lowest BCUT2D eigenvalue weighted by molar-refractivity contribution is -0.145. The summed E-state index contributed by atoms with van der Waals surface area (Å²) in [5.41, 5.74) is 0.0819. The van der Waals surface area contributed by atoms with E-state index in [-0.39, 0.29) is 41.1 Å². The average Bonchev–Trinajstić information content (AvgIpc) is 2.50. The summed E-state index contributed by atoms with van der Waals surface area (Å²) in [5.74, 6) is -1.30. The maximum absolute atomic E-state index is 12.8. The molecule has 2 aromatic rings. The van der Waals surface area contributed by atoms with Gasteiger partial charge < -0.3 is 4.98 Å². The summed E-state index contributed by atoms with van der Waals surface area (Å²) >= 11 is 12.0. The van der Waals surface area contributed by atoms with Crippen molar-refractivity contribution in [2.75, 3.05) is 6.54 Å². The fourth-order valence-corrected chi connectivity index (χ4v) is 2.92. The number of nitrogens with one attached hydrogen (secondary N) is 1. The molecule has 128 valence electrons. The minimum Gasteiger partial charge on any atom is -0.303 e. The van der Waals surface area contributed by atoms with E-state index < -0.39 is 17.6 Å². The Morgan fingerprint density at radius 3 is 2.54 bits per heavy atom. The van der Waals surface area contributed by atoms with Crippen LogP contribution < -0.4 is 5.56 Å². The van der Waals surface area contributed by atoms with Crippen molar-refractivity contribution >= 4 is 23.2 Å². The fraction of sp³-hybridized carbons (Fsp3) is 0.385. The highest BCUT2D eigenvalue weighted by Crippen LogP contribution is 2.28. The summed E-state index contributed by atoms with van der Waals surface area (Å²) in [6, 6.07) is 0. The molecular formula is C13H10Cl2F3N5O. The molecule has 3 heterocycles. The van der Waals surface area contributed by atoms with Gasteiger partial charge >= 0.3 is 6.18 Å². The molecule has 0 saturated carbocycles. The van der Waals surface area contributed by atoms with Gasteiger partial charge in [0.25, 0.3) is 5.56 Å². The molecule has 6 nitrogen and oxygen atoms in total. The Morgan fingerprint density at radius 2 is 1.92 bits per heavy atom. The molecule has 1 aliphatic heterocycles. The number of hydrogen-bond acceptors (Lipinski definition) is 5. The van der Waals surface area contributed by atoms with Crippen LogP contribution in [0.5, 0.6) is 0 Å². The van der Waals surface area contributed by atoms with Crippen molar-refractivity contribution in [3.63, 3.8) is 0 Å². The molecule has 0 spiro atoms. The van der Waals surface area contributed by atoms with E-state index in [4.69, 9.17) is 23.2 Å². The second-order valence-corrected chi connectivity index (χ2v) is 5.95. The van der Waals surface area contributed by atoms with Gasteiger partial charge in [-0.15, -0.1) is 0 Å². The van der Waals surface area contributed by atoms with Gasteiger partial charge in [-0.2, -0.15) is 13.2 Å². The third-order valence-electron chi connectivity index (χ3n) is 3.64. The number of aromatic amines is 1. The molecule has 24 heavy (non-hydrogen) atoms. The van der Waals surface area contributed by atoms with E-state index in [1.807, 2.05) is 0 Å². The van der Waals surface area contributed by atoms with Crippen LogP contribution in [0.1, 0.15) is 22.6 Å². The zero-order valence-electron chi connectivity index (χ0n) is 12.0. The monoisotopic (exact) mass is 379 g/mol. The molecule has 11 heteroatoms. The van der Waals surface area contributed by atoms with Gasteiger partial charge in [0.15, 0.2) is 0 Å². The molecule has 3 rings (SSSR count). The first kappa shape index (κ1) is 17.1. The summed E-state index contributed by atoms with van der Waals surface area (Å²) in [6.45, 7) is 0.766. The van der Waals surface area contributed by atoms with E-state index in [9.17, 15) is 18.0 Å². The Morgan fingerprint density at radius 1 is 1.25 bits per heavy atom. The van der Waals surface area contributed by atoms with Crippen molar-refractivity contribution < 1.29 is 13.2 Å². The lowest BCUT2D eigenvalue weighted by Gasteiger charge is -2.28. The van der Waals surface area contributed by atoms with Crippen molar-refractivity contribution in [2.45, 2.75) is 25.7 Å². The predicted octanol–water partition coefficient (Wildman–Crippen LogP) is 2.44. The van der Waals surface area contributed by atoms with Crippen LogP contribution in [0, 0.1) is 0 Å². The summed E-state index contributed by atoms with van der Waals surface area (Å²) < 4.78 is 38.4. The minimum atomic E-state index is -4.71. The molecular weight excluding hydrogens is 370 g/mol. The number of hydrogen-bond donors (Lipinski definition) is 1. The van der Waals surface area contributed by atoms with Gasteiger partial charge in [0, 0.05) is 30.8 Å². The molecule has 0 aromatic carbocycles. The van der Waals surface area contributed by atoms with E-state index in [0.717, 1.165) is 0 Å². The zero-order valence-corrected chi connectivity index (χ0v) is 13.5. The lowest BCUT2D eigenvalue weighted by atomic mass is 10.1. The van der Waals surface area contributed by atoms with E-state index in [1.54, 1.807) is 9.88 Å². The number of nitrogens with zero attached hydrogens (tertiary/aromatic N) is 4. The van der Waals surface area contributed by atoms with Crippen LogP contribution in [-0.4, -0.2) is 31.4 Å². The molecule has 0 unspecified atom stereocenters. The van der Waals surface area contributed by atoms with Crippen LogP contribution in [0.3, 0.4) is 0 Å². The van der Waals surface area contributed by atoms with Crippen LogP contribution in [0.15, 0.2) is 11.1 Å². The molecule has 0 fully saturated rings. The summed E-state index contributed by atoms with van der Waals surface area (Å²) in [5, 5.41) is 0.353. The van der Waals surface area contributed by atoms with Crippen LogP contribution in [0.25, 0.3) is 0 Å². The van der Waals surface area contributed by atoms with E-state index in [2.05, 4.69) is 15.0 Å². The summed E-state index contributed by atoms with van der Waals surface area (Å²) in [6.07, 6.45) is -3.22. The Balaban J connectivity index is 1.89. The van der Waals surface area contributed by atoms with Crippen LogP contribution >= 0.6 is 23.2 Å². The normalized spacial score (nSPS) is 15.4. The Hall–Kier alpha value is -1.71. The molecule has 0 aliphatic carbocycles. The molecule has 0 radical (unpaired) electrons. The van der Waals surface area contributed by atoms with E-state index >= 15 is 0 Å². The zero-order chi connectivity index (χ0) is 17.5. The van der Waals surface area contributed by atoms with Crippen LogP contribution in [0.4, 0.5) is 13.2 Å². The van der Waals surface area contributed by atoms with Crippen molar-refractivity contribution in [3.05, 3.63) is 49.6 Å². The largest absolute Gasteiger partial charge is 0.449 e. The van der Waals surface area contributed by atoms with Crippen LogP contribution in [0.2, 0.25) is 10.3 Å². The predicted molar refractivity (Wildman–Crippen MR) is 79.7 cm³/mol. The first-order valence-corrected chi connectivity index (χ1v) is 7.58. The molecule has 0 saturated heterocycles. The topological polar surface area (TPSA) is 74.8 Å². The number of alkyl halides is 3. The smallest absolute Gasteiger partial charge is 0.303 e. The van der Waals surface area contributed by atoms with Crippen molar-refractivity contribution in [3.8, 4) is 0 Å². The lowest BCUT2D eigenvalue weighted by Crippen LogP contribution is -2.36. The molecule has 1 N–H and O–H groups in total. The van der Waals surface area contributed by atoms with Gasteiger partial charge in [0.05, 0.1) is 5.69 Å². The van der Waals surface area contributed by atoms with E-state index in [1.165, 1.54) is 6.33 Å². The Bertz CT molecular complexity index is 819. The summed E-state index contributed by atoms with van der Waals surface area (Å²) in [4.78, 5) is 26.6. The summed E-state index contributed by atoms with van der Waals surface area (Å²) in [7, 11) is 0. The van der Waals surface area contributed by atoms with Crippen molar-refractivity contribution in [1.82, 2.24) is 24.8 Å². The van der Waals surface area contributed by atoms with Gasteiger partial charge in [-0.3, -0.25) is 9.69 Å². The highest BCUT2D eigenvalue weighted by Gasteiger charge is 2.36. The van der Waals surface area contributed by atoms with Gasteiger partial charge in [-0.1, -0.05) is 23.2 Å². The first-order valence-electron chi connectivity index (χ1n) is 6.82. The molecule has 2 aromatic heterocycles. The van der Waals surface area contributed by atoms with E-state index in [0.29, 0.717) is 12.1 Å². The third-order valence-corrected chi connectivity index (χ3v) is 4.29. The Kier molecular flexibility index (Phi) is 4.50. The number of H-pyrrole nitrogens is 1. The second-order valence-electron chi connectivity index (χ2n) is 5.23. The van der Waals surface area contributed by atoms with Crippen molar-refractivity contribution in [1.29, 1.82) is 0 Å². The van der Waals surface area contributed by atoms with Crippen LogP contribution in [-0.2, 0) is 25.7 Å². The minimum absolute atomic E-state index is 0.0733. The standard InChI is InChI=1S/C13H10Cl2F3N5O/c14-9-7(10(15)20-5-19-9)3-23-2-1-6-8(4-23)21-12(13(16,17)18)22-11(6)24/h5H,1-4H2,(H,21,22,24). The fourth-order valence-electron chi connectivity index (χ4n) is 2.49. The van der Waals surface area contributed by atoms with Gasteiger partial charge in [0.1, 0.15) is 16.6 Å². The van der Waals surface area contributed by atoms with Gasteiger partial charge in [-0.25, -0.2) is 15.0 Å². The number of rotatable bonds is 2. The highest BCUT2D eigenvalue weighted by atomic mass is 35.5. The molecule has 0 atom stereocenters. The second kappa shape index (κ2) is 6.30. The van der Waals surface area contributed by atoms with Gasteiger partial charge in [0.2, 0.25) is 5.82 Å². The van der Waals surface area contributed by atoms with Gasteiger partial charge in [-0.05, 0) is 6.42 Å². The number of aromatic nitrogens is 4. The number of fused-ring (bicyclic) bond motifs is 1. The highest BCUT2D eigenvalue weighted by molar-refractivity contribution is 6.34. The third kappa shape index (κ3) is 3.38. The number of halogens is 5. The maximum atomic E-state index is 12.8. The maximum Gasteiger partial charge on any atom is 0.449 e. The molecule has 1 aliphatic rings. The molecule has 0 bridgehead atoms. The average molecular weight is 380 g/mol. The Labute approximate surface area is 143 Å². The quantitative estimate of drug-likeness (QED) is 0.811. The first-order chi connectivity index (χ1) is 11.3. The molecule has 0 amide bonds.